The van der Waals surface area contributed by atoms with Gasteiger partial charge in [0.15, 0.2) is 0 Å². The first kappa shape index (κ1) is 6.84. The number of pyridine rings is 1. The van der Waals surface area contributed by atoms with Gasteiger partial charge in [0, 0.05) is 6.07 Å². The Kier molecular flexibility index (Phi) is 1.74. The number of hydrogen-bond acceptors (Lipinski definition) is 3. The third kappa shape index (κ3) is 1.27. The van der Waals surface area contributed by atoms with Crippen molar-refractivity contribution in [2.45, 2.75) is 0 Å². The van der Waals surface area contributed by atoms with Gasteiger partial charge in [-0.1, -0.05) is 6.07 Å². The van der Waals surface area contributed by atoms with Crippen molar-refractivity contribution in [2.75, 3.05) is 0 Å². The van der Waals surface area contributed by atoms with Gasteiger partial charge in [-0.3, -0.25) is 0 Å². The third-order valence-electron chi connectivity index (χ3n) is 1.43. The van der Waals surface area contributed by atoms with Crippen LogP contribution in [0.1, 0.15) is 0 Å². The van der Waals surface area contributed by atoms with Crippen molar-refractivity contribution >= 4 is 0 Å². The molecule has 4 nitrogen and oxygen atoms in total. The molecule has 0 unspecified atom stereocenters. The fraction of sp³-hybridized carbons (Fsp3) is 0. The summed E-state index contributed by atoms with van der Waals surface area (Å²) in [5.41, 5.74) is 0. The van der Waals surface area contributed by atoms with Crippen LogP contribution in [0.3, 0.4) is 0 Å². The zero-order valence-electron chi connectivity index (χ0n) is 6.33. The summed E-state index contributed by atoms with van der Waals surface area (Å²) in [6, 6.07) is 5.68. The van der Waals surface area contributed by atoms with Crippen LogP contribution >= 0.6 is 0 Å². The Morgan fingerprint density at radius 2 is 1.92 bits per heavy atom. The molecule has 2 aromatic rings. The SMILES string of the molecule is c1ccc(-[n+]2cncnc2)nc1. The molecule has 2 rings (SSSR count). The van der Waals surface area contributed by atoms with Crippen molar-refractivity contribution in [3.8, 4) is 5.82 Å². The van der Waals surface area contributed by atoms with Crippen LogP contribution in [-0.2, 0) is 0 Å². The van der Waals surface area contributed by atoms with Crippen molar-refractivity contribution < 1.29 is 4.57 Å². The average Bonchev–Trinajstić information content (AvgIpc) is 2.21. The van der Waals surface area contributed by atoms with Crippen LogP contribution in [0.4, 0.5) is 0 Å². The Morgan fingerprint density at radius 1 is 1.08 bits per heavy atom. The predicted octanol–water partition coefficient (Wildman–Crippen LogP) is 0.148. The first-order valence-electron chi connectivity index (χ1n) is 3.54. The summed E-state index contributed by atoms with van der Waals surface area (Å²) in [5.74, 6) is 0.818. The molecule has 0 aliphatic heterocycles. The van der Waals surface area contributed by atoms with E-state index >= 15 is 0 Å². The van der Waals surface area contributed by atoms with Gasteiger partial charge in [0.25, 0.3) is 0 Å². The van der Waals surface area contributed by atoms with Gasteiger partial charge in [-0.25, -0.2) is 0 Å². The summed E-state index contributed by atoms with van der Waals surface area (Å²) in [5, 5.41) is 0. The minimum atomic E-state index is 0.818. The second-order valence-electron chi connectivity index (χ2n) is 2.24. The molecule has 0 fully saturated rings. The molecule has 0 spiro atoms. The van der Waals surface area contributed by atoms with Gasteiger partial charge in [-0.05, 0) is 6.07 Å². The van der Waals surface area contributed by atoms with E-state index < -0.39 is 0 Å². The maximum absolute atomic E-state index is 4.13. The molecule has 0 saturated carbocycles. The fourth-order valence-corrected chi connectivity index (χ4v) is 0.896. The molecule has 0 aliphatic rings. The normalized spacial score (nSPS) is 9.67. The van der Waals surface area contributed by atoms with Gasteiger partial charge in [-0.2, -0.15) is 4.57 Å². The molecule has 0 saturated heterocycles. The topological polar surface area (TPSA) is 42.5 Å². The third-order valence-corrected chi connectivity index (χ3v) is 1.43. The second kappa shape index (κ2) is 3.04. The van der Waals surface area contributed by atoms with Crippen LogP contribution in [0.5, 0.6) is 0 Å². The van der Waals surface area contributed by atoms with Gasteiger partial charge in [0.2, 0.25) is 24.8 Å². The van der Waals surface area contributed by atoms with Gasteiger partial charge in [0.1, 0.15) is 0 Å². The molecular formula is C8H7N4+. The highest BCUT2D eigenvalue weighted by atomic mass is 15.1. The highest BCUT2D eigenvalue weighted by molar-refractivity contribution is 5.08. The van der Waals surface area contributed by atoms with E-state index in [9.17, 15) is 0 Å². The second-order valence-corrected chi connectivity index (χ2v) is 2.24. The van der Waals surface area contributed by atoms with E-state index in [1.54, 1.807) is 23.4 Å². The molecule has 2 aromatic heterocycles. The lowest BCUT2D eigenvalue weighted by Gasteiger charge is -1.92. The van der Waals surface area contributed by atoms with Crippen LogP contribution in [0.2, 0.25) is 0 Å². The van der Waals surface area contributed by atoms with E-state index in [2.05, 4.69) is 15.0 Å². The molecule has 58 valence electrons. The first-order chi connectivity index (χ1) is 5.97. The molecule has 4 heteroatoms. The monoisotopic (exact) mass is 159 g/mol. The number of aromatic nitrogens is 4. The Hall–Kier alpha value is -1.84. The minimum Gasteiger partial charge on any atom is -0.199 e. The lowest BCUT2D eigenvalue weighted by Crippen LogP contribution is -2.31. The van der Waals surface area contributed by atoms with Crippen molar-refractivity contribution in [1.82, 2.24) is 15.0 Å². The largest absolute Gasteiger partial charge is 0.236 e. The quantitative estimate of drug-likeness (QED) is 0.556. The average molecular weight is 159 g/mol. The Bertz CT molecular complexity index is 308. The number of hydrogen-bond donors (Lipinski definition) is 0. The molecule has 0 aliphatic carbocycles. The molecule has 12 heavy (non-hydrogen) atoms. The van der Waals surface area contributed by atoms with Crippen molar-refractivity contribution in [1.29, 1.82) is 0 Å². The fourth-order valence-electron chi connectivity index (χ4n) is 0.896. The summed E-state index contributed by atoms with van der Waals surface area (Å²) in [4.78, 5) is 11.9. The van der Waals surface area contributed by atoms with E-state index in [0.29, 0.717) is 0 Å². The Morgan fingerprint density at radius 3 is 2.58 bits per heavy atom. The number of nitrogens with zero attached hydrogens (tertiary/aromatic N) is 4. The molecule has 0 atom stereocenters. The van der Waals surface area contributed by atoms with Gasteiger partial charge >= 0.3 is 0 Å². The summed E-state index contributed by atoms with van der Waals surface area (Å²) in [6.07, 6.45) is 6.54. The smallest absolute Gasteiger partial charge is 0.199 e. The Labute approximate surface area is 69.6 Å². The zero-order chi connectivity index (χ0) is 8.23. The van der Waals surface area contributed by atoms with E-state index in [-0.39, 0.29) is 0 Å². The van der Waals surface area contributed by atoms with E-state index in [4.69, 9.17) is 0 Å². The van der Waals surface area contributed by atoms with E-state index in [0.717, 1.165) is 5.82 Å². The van der Waals surface area contributed by atoms with Gasteiger partial charge in [0.05, 0.1) is 6.20 Å². The highest BCUT2D eigenvalue weighted by Crippen LogP contribution is 1.89. The minimum absolute atomic E-state index is 0.818. The van der Waals surface area contributed by atoms with Gasteiger partial charge in [-0.15, -0.1) is 15.0 Å². The van der Waals surface area contributed by atoms with Crippen molar-refractivity contribution in [3.63, 3.8) is 0 Å². The molecular weight excluding hydrogens is 152 g/mol. The first-order valence-corrected chi connectivity index (χ1v) is 3.54. The van der Waals surface area contributed by atoms with Crippen LogP contribution in [0.15, 0.2) is 43.4 Å². The summed E-state index contributed by atoms with van der Waals surface area (Å²) < 4.78 is 1.75. The van der Waals surface area contributed by atoms with Gasteiger partial charge < -0.3 is 0 Å². The van der Waals surface area contributed by atoms with Crippen molar-refractivity contribution in [2.24, 2.45) is 0 Å². The van der Waals surface area contributed by atoms with Crippen LogP contribution in [0, 0.1) is 0 Å². The number of rotatable bonds is 1. The molecule has 0 amide bonds. The standard InChI is InChI=1S/C8H7N4/c1-2-4-11-8(3-1)12-6-9-5-10-7-12/h1-7H/q+1. The Balaban J connectivity index is 2.46. The summed E-state index contributed by atoms with van der Waals surface area (Å²) in [7, 11) is 0. The molecule has 0 radical (unpaired) electrons. The van der Waals surface area contributed by atoms with Crippen LogP contribution in [-0.4, -0.2) is 15.0 Å². The highest BCUT2D eigenvalue weighted by Gasteiger charge is 1.99. The summed E-state index contributed by atoms with van der Waals surface area (Å²) >= 11 is 0. The molecule has 0 aromatic carbocycles. The van der Waals surface area contributed by atoms with Crippen LogP contribution in [0.25, 0.3) is 5.82 Å². The van der Waals surface area contributed by atoms with E-state index in [1.165, 1.54) is 6.33 Å². The molecule has 0 N–H and O–H groups in total. The lowest BCUT2D eigenvalue weighted by atomic mass is 10.5. The van der Waals surface area contributed by atoms with Crippen LogP contribution < -0.4 is 4.57 Å². The molecule has 2 heterocycles. The lowest BCUT2D eigenvalue weighted by molar-refractivity contribution is -0.606. The summed E-state index contributed by atoms with van der Waals surface area (Å²) in [6.45, 7) is 0. The van der Waals surface area contributed by atoms with E-state index in [1.807, 2.05) is 18.2 Å². The molecule has 0 bridgehead atoms. The predicted molar refractivity (Wildman–Crippen MR) is 41.4 cm³/mol. The van der Waals surface area contributed by atoms with Crippen molar-refractivity contribution in [3.05, 3.63) is 43.4 Å². The maximum atomic E-state index is 4.13. The maximum Gasteiger partial charge on any atom is 0.236 e. The zero-order valence-corrected chi connectivity index (χ0v) is 6.33.